The molecule has 0 radical (unpaired) electrons. The Morgan fingerprint density at radius 3 is 2.58 bits per heavy atom. The Kier molecular flexibility index (Phi) is 4.54. The lowest BCUT2D eigenvalue weighted by atomic mass is 10.0. The SMILES string of the molecule is Cc1cccc(C(F)(F)F)c1COc1ccc(N2C(=O)CNC2=O)nc1. The van der Waals surface area contributed by atoms with Crippen molar-refractivity contribution < 1.29 is 27.5 Å². The molecule has 2 aromatic rings. The van der Waals surface area contributed by atoms with Crippen LogP contribution in [0.25, 0.3) is 0 Å². The zero-order chi connectivity index (χ0) is 18.9. The quantitative estimate of drug-likeness (QED) is 0.846. The van der Waals surface area contributed by atoms with Crippen LogP contribution in [0.5, 0.6) is 5.75 Å². The molecule has 0 bridgehead atoms. The molecule has 1 aromatic heterocycles. The molecule has 0 unspecified atom stereocenters. The lowest BCUT2D eigenvalue weighted by Crippen LogP contribution is -2.31. The number of hydrogen-bond acceptors (Lipinski definition) is 4. The number of ether oxygens (including phenoxy) is 1. The zero-order valence-electron chi connectivity index (χ0n) is 13.6. The molecule has 26 heavy (non-hydrogen) atoms. The van der Waals surface area contributed by atoms with E-state index in [1.165, 1.54) is 24.4 Å². The Morgan fingerprint density at radius 2 is 2.00 bits per heavy atom. The molecule has 1 fully saturated rings. The monoisotopic (exact) mass is 365 g/mol. The highest BCUT2D eigenvalue weighted by Gasteiger charge is 2.34. The summed E-state index contributed by atoms with van der Waals surface area (Å²) in [6, 6.07) is 6.17. The molecule has 1 saturated heterocycles. The fourth-order valence-electron chi connectivity index (χ4n) is 2.56. The minimum absolute atomic E-state index is 0.0400. The van der Waals surface area contributed by atoms with E-state index in [1.54, 1.807) is 13.0 Å². The molecule has 1 aliphatic rings. The topological polar surface area (TPSA) is 71.5 Å². The average molecular weight is 365 g/mol. The van der Waals surface area contributed by atoms with Crippen LogP contribution in [0.15, 0.2) is 36.5 Å². The highest BCUT2D eigenvalue weighted by atomic mass is 19.4. The molecule has 1 N–H and O–H groups in total. The first kappa shape index (κ1) is 17.7. The molecule has 0 spiro atoms. The van der Waals surface area contributed by atoms with E-state index in [-0.39, 0.29) is 30.3 Å². The van der Waals surface area contributed by atoms with E-state index < -0.39 is 23.7 Å². The lowest BCUT2D eigenvalue weighted by molar-refractivity contribution is -0.138. The predicted molar refractivity (Wildman–Crippen MR) is 85.6 cm³/mol. The van der Waals surface area contributed by atoms with Gasteiger partial charge in [-0.25, -0.2) is 14.7 Å². The van der Waals surface area contributed by atoms with Gasteiger partial charge in [0.05, 0.1) is 18.3 Å². The molecule has 3 rings (SSSR count). The van der Waals surface area contributed by atoms with Crippen LogP contribution in [-0.2, 0) is 17.6 Å². The van der Waals surface area contributed by atoms with Gasteiger partial charge in [-0.2, -0.15) is 13.2 Å². The van der Waals surface area contributed by atoms with E-state index in [0.717, 1.165) is 11.0 Å². The van der Waals surface area contributed by atoms with Gasteiger partial charge >= 0.3 is 12.2 Å². The van der Waals surface area contributed by atoms with E-state index in [9.17, 15) is 22.8 Å². The van der Waals surface area contributed by atoms with E-state index >= 15 is 0 Å². The third-order valence-electron chi connectivity index (χ3n) is 3.89. The maximum absolute atomic E-state index is 13.1. The van der Waals surface area contributed by atoms with Crippen molar-refractivity contribution in [2.24, 2.45) is 0 Å². The van der Waals surface area contributed by atoms with Gasteiger partial charge in [-0.05, 0) is 30.7 Å². The highest BCUT2D eigenvalue weighted by molar-refractivity contribution is 6.19. The number of hydrogen-bond donors (Lipinski definition) is 1. The summed E-state index contributed by atoms with van der Waals surface area (Å²) in [5.41, 5.74) is -0.247. The Balaban J connectivity index is 1.76. The lowest BCUT2D eigenvalue weighted by Gasteiger charge is -2.16. The molecule has 9 heteroatoms. The number of carbonyl (C=O) groups is 2. The average Bonchev–Trinajstić information content (AvgIpc) is 2.92. The zero-order valence-corrected chi connectivity index (χ0v) is 13.6. The van der Waals surface area contributed by atoms with Crippen LogP contribution in [0, 0.1) is 6.92 Å². The summed E-state index contributed by atoms with van der Waals surface area (Å²) in [6.45, 7) is 1.19. The minimum Gasteiger partial charge on any atom is -0.487 e. The van der Waals surface area contributed by atoms with Crippen molar-refractivity contribution in [1.29, 1.82) is 0 Å². The second kappa shape index (κ2) is 6.66. The predicted octanol–water partition coefficient (Wildman–Crippen LogP) is 3.04. The van der Waals surface area contributed by atoms with Crippen LogP contribution in [0.3, 0.4) is 0 Å². The van der Waals surface area contributed by atoms with Crippen molar-refractivity contribution in [2.75, 3.05) is 11.4 Å². The van der Waals surface area contributed by atoms with Crippen molar-refractivity contribution in [3.8, 4) is 5.75 Å². The number of anilines is 1. The number of rotatable bonds is 4. The van der Waals surface area contributed by atoms with Crippen LogP contribution < -0.4 is 15.0 Å². The first-order chi connectivity index (χ1) is 12.3. The molecule has 2 heterocycles. The molecule has 136 valence electrons. The molecule has 0 atom stereocenters. The number of aromatic nitrogens is 1. The third kappa shape index (κ3) is 3.46. The van der Waals surface area contributed by atoms with Crippen molar-refractivity contribution in [3.05, 3.63) is 53.2 Å². The fraction of sp³-hybridized carbons (Fsp3) is 0.235. The van der Waals surface area contributed by atoms with Gasteiger partial charge < -0.3 is 10.1 Å². The van der Waals surface area contributed by atoms with Gasteiger partial charge in [-0.1, -0.05) is 12.1 Å². The van der Waals surface area contributed by atoms with Crippen LogP contribution in [0.4, 0.5) is 23.8 Å². The molecule has 0 aliphatic carbocycles. The number of halogens is 3. The number of carbonyl (C=O) groups excluding carboxylic acids is 2. The van der Waals surface area contributed by atoms with Crippen molar-refractivity contribution >= 4 is 17.8 Å². The summed E-state index contributed by atoms with van der Waals surface area (Å²) >= 11 is 0. The number of nitrogens with zero attached hydrogens (tertiary/aromatic N) is 2. The Labute approximate surface area is 146 Å². The molecule has 3 amide bonds. The summed E-state index contributed by atoms with van der Waals surface area (Å²) in [6.07, 6.45) is -3.23. The van der Waals surface area contributed by atoms with Gasteiger partial charge in [0, 0.05) is 5.56 Å². The van der Waals surface area contributed by atoms with Gasteiger partial charge in [0.25, 0.3) is 5.91 Å². The third-order valence-corrected chi connectivity index (χ3v) is 3.89. The number of urea groups is 1. The Hall–Kier alpha value is -3.10. The minimum atomic E-state index is -4.48. The van der Waals surface area contributed by atoms with Gasteiger partial charge in [0.2, 0.25) is 0 Å². The molecule has 6 nitrogen and oxygen atoms in total. The van der Waals surface area contributed by atoms with Crippen molar-refractivity contribution in [2.45, 2.75) is 19.7 Å². The summed E-state index contributed by atoms with van der Waals surface area (Å²) in [5, 5.41) is 2.37. The maximum Gasteiger partial charge on any atom is 0.416 e. The van der Waals surface area contributed by atoms with Gasteiger partial charge in [-0.15, -0.1) is 0 Å². The summed E-state index contributed by atoms with van der Waals surface area (Å²) in [7, 11) is 0. The maximum atomic E-state index is 13.1. The number of amides is 3. The van der Waals surface area contributed by atoms with Gasteiger partial charge in [-0.3, -0.25) is 4.79 Å². The fourth-order valence-corrected chi connectivity index (χ4v) is 2.56. The number of benzene rings is 1. The van der Waals surface area contributed by atoms with E-state index in [2.05, 4.69) is 10.3 Å². The largest absolute Gasteiger partial charge is 0.487 e. The smallest absolute Gasteiger partial charge is 0.416 e. The van der Waals surface area contributed by atoms with E-state index in [4.69, 9.17) is 4.74 Å². The van der Waals surface area contributed by atoms with Crippen molar-refractivity contribution in [1.82, 2.24) is 10.3 Å². The number of imide groups is 1. The van der Waals surface area contributed by atoms with Crippen LogP contribution >= 0.6 is 0 Å². The Morgan fingerprint density at radius 1 is 1.23 bits per heavy atom. The molecular weight excluding hydrogens is 351 g/mol. The Bertz CT molecular complexity index is 835. The van der Waals surface area contributed by atoms with Crippen LogP contribution in [-0.4, -0.2) is 23.5 Å². The number of nitrogens with one attached hydrogen (secondary N) is 1. The number of aryl methyl sites for hydroxylation is 1. The normalized spacial score (nSPS) is 14.5. The van der Waals surface area contributed by atoms with Crippen LogP contribution in [0.2, 0.25) is 0 Å². The second-order valence-corrected chi connectivity index (χ2v) is 5.63. The van der Waals surface area contributed by atoms with Gasteiger partial charge in [0.15, 0.2) is 0 Å². The number of pyridine rings is 1. The van der Waals surface area contributed by atoms with Crippen molar-refractivity contribution in [3.63, 3.8) is 0 Å². The molecule has 1 aliphatic heterocycles. The molecule has 1 aromatic carbocycles. The first-order valence-corrected chi connectivity index (χ1v) is 7.62. The highest BCUT2D eigenvalue weighted by Crippen LogP contribution is 2.33. The summed E-state index contributed by atoms with van der Waals surface area (Å²) in [4.78, 5) is 28.0. The van der Waals surface area contributed by atoms with E-state index in [0.29, 0.717) is 5.56 Å². The molecule has 0 saturated carbocycles. The summed E-state index contributed by atoms with van der Waals surface area (Å²) < 4.78 is 44.7. The second-order valence-electron chi connectivity index (χ2n) is 5.63. The standard InChI is InChI=1S/C17H14F3N3O3/c1-10-3-2-4-13(17(18,19)20)12(10)9-26-11-5-6-14(21-7-11)23-15(24)8-22-16(23)25/h2-7H,8-9H2,1H3,(H,22,25). The number of alkyl halides is 3. The van der Waals surface area contributed by atoms with E-state index in [1.807, 2.05) is 0 Å². The first-order valence-electron chi connectivity index (χ1n) is 7.62. The molecular formula is C17H14F3N3O3. The van der Waals surface area contributed by atoms with Gasteiger partial charge in [0.1, 0.15) is 18.2 Å². The van der Waals surface area contributed by atoms with Crippen LogP contribution in [0.1, 0.15) is 16.7 Å². The summed E-state index contributed by atoms with van der Waals surface area (Å²) in [5.74, 6) is -0.104.